The Kier molecular flexibility index (Phi) is 2.89. The molecule has 0 saturated carbocycles. The van der Waals surface area contributed by atoms with Crippen molar-refractivity contribution in [3.8, 4) is 0 Å². The fourth-order valence-corrected chi connectivity index (χ4v) is 3.14. The Balaban J connectivity index is 1.88. The van der Waals surface area contributed by atoms with Gasteiger partial charge in [0.05, 0.1) is 11.7 Å². The van der Waals surface area contributed by atoms with Crippen molar-refractivity contribution < 1.29 is 0 Å². The van der Waals surface area contributed by atoms with E-state index >= 15 is 0 Å². The van der Waals surface area contributed by atoms with Crippen LogP contribution >= 0.6 is 11.3 Å². The predicted molar refractivity (Wildman–Crippen MR) is 75.7 cm³/mol. The van der Waals surface area contributed by atoms with Gasteiger partial charge in [-0.3, -0.25) is 4.68 Å². The van der Waals surface area contributed by atoms with E-state index in [1.54, 1.807) is 16.0 Å². The summed E-state index contributed by atoms with van der Waals surface area (Å²) < 4.78 is 3.11. The van der Waals surface area contributed by atoms with Crippen LogP contribution in [-0.2, 0) is 13.5 Å². The molecule has 92 valence electrons. The average Bonchev–Trinajstić information content (AvgIpc) is 2.97. The molecule has 1 unspecified atom stereocenters. The molecule has 0 saturated heterocycles. The number of aryl methyl sites for hydroxylation is 1. The molecule has 0 radical (unpaired) electrons. The third-order valence-electron chi connectivity index (χ3n) is 3.12. The minimum atomic E-state index is -0.0378. The van der Waals surface area contributed by atoms with Crippen molar-refractivity contribution >= 4 is 21.4 Å². The van der Waals surface area contributed by atoms with Gasteiger partial charge in [0.2, 0.25) is 0 Å². The van der Waals surface area contributed by atoms with Crippen LogP contribution in [0.3, 0.4) is 0 Å². The number of thiophene rings is 1. The van der Waals surface area contributed by atoms with Gasteiger partial charge in [0.25, 0.3) is 0 Å². The maximum absolute atomic E-state index is 6.22. The molecule has 0 spiro atoms. The van der Waals surface area contributed by atoms with E-state index in [1.807, 2.05) is 19.3 Å². The minimum Gasteiger partial charge on any atom is -0.322 e. The van der Waals surface area contributed by atoms with E-state index in [0.717, 1.165) is 12.1 Å². The summed E-state index contributed by atoms with van der Waals surface area (Å²) in [6.07, 6.45) is 2.77. The smallest absolute Gasteiger partial charge is 0.0795 e. The Morgan fingerprint density at radius 1 is 1.33 bits per heavy atom. The first-order valence-electron chi connectivity index (χ1n) is 5.94. The Morgan fingerprint density at radius 2 is 2.17 bits per heavy atom. The third kappa shape index (κ3) is 2.05. The molecule has 4 heteroatoms. The van der Waals surface area contributed by atoms with E-state index in [-0.39, 0.29) is 6.04 Å². The monoisotopic (exact) mass is 257 g/mol. The molecule has 2 N–H and O–H groups in total. The van der Waals surface area contributed by atoms with Crippen LogP contribution in [-0.4, -0.2) is 9.78 Å². The lowest BCUT2D eigenvalue weighted by Gasteiger charge is -2.07. The lowest BCUT2D eigenvalue weighted by molar-refractivity contribution is 0.659. The fourth-order valence-electron chi connectivity index (χ4n) is 2.16. The van der Waals surface area contributed by atoms with Gasteiger partial charge >= 0.3 is 0 Å². The number of aromatic nitrogens is 2. The molecule has 0 amide bonds. The van der Waals surface area contributed by atoms with E-state index in [4.69, 9.17) is 5.73 Å². The van der Waals surface area contributed by atoms with Crippen molar-refractivity contribution in [1.82, 2.24) is 9.78 Å². The van der Waals surface area contributed by atoms with Crippen LogP contribution in [0.4, 0.5) is 0 Å². The maximum atomic E-state index is 6.22. The first-order chi connectivity index (χ1) is 8.74. The van der Waals surface area contributed by atoms with E-state index in [0.29, 0.717) is 0 Å². The molecule has 0 bridgehead atoms. The van der Waals surface area contributed by atoms with Gasteiger partial charge in [0.15, 0.2) is 0 Å². The van der Waals surface area contributed by atoms with E-state index in [9.17, 15) is 0 Å². The van der Waals surface area contributed by atoms with Crippen LogP contribution in [0.25, 0.3) is 10.1 Å². The van der Waals surface area contributed by atoms with Gasteiger partial charge in [0, 0.05) is 17.9 Å². The highest BCUT2D eigenvalue weighted by molar-refractivity contribution is 7.17. The van der Waals surface area contributed by atoms with Crippen molar-refractivity contribution in [2.75, 3.05) is 0 Å². The Bertz CT molecular complexity index is 668. The van der Waals surface area contributed by atoms with Gasteiger partial charge in [-0.2, -0.15) is 5.10 Å². The molecule has 0 aliphatic heterocycles. The topological polar surface area (TPSA) is 43.8 Å². The second-order valence-electron chi connectivity index (χ2n) is 4.48. The third-order valence-corrected chi connectivity index (χ3v) is 4.13. The average molecular weight is 257 g/mol. The number of rotatable bonds is 3. The van der Waals surface area contributed by atoms with Crippen LogP contribution in [0.2, 0.25) is 0 Å². The van der Waals surface area contributed by atoms with E-state index in [2.05, 4.69) is 34.7 Å². The van der Waals surface area contributed by atoms with E-state index < -0.39 is 0 Å². The first kappa shape index (κ1) is 11.4. The number of benzene rings is 1. The van der Waals surface area contributed by atoms with Gasteiger partial charge in [-0.05, 0) is 34.9 Å². The van der Waals surface area contributed by atoms with Crippen LogP contribution in [0, 0.1) is 0 Å². The summed E-state index contributed by atoms with van der Waals surface area (Å²) in [6.45, 7) is 0. The Morgan fingerprint density at radius 3 is 2.94 bits per heavy atom. The van der Waals surface area contributed by atoms with Gasteiger partial charge in [0.1, 0.15) is 0 Å². The molecule has 0 aliphatic rings. The quantitative estimate of drug-likeness (QED) is 0.784. The van der Waals surface area contributed by atoms with Crippen molar-refractivity contribution in [2.24, 2.45) is 12.8 Å². The number of nitrogens with two attached hydrogens (primary N) is 1. The zero-order valence-electron chi connectivity index (χ0n) is 10.2. The minimum absolute atomic E-state index is 0.0378. The molecule has 3 aromatic rings. The van der Waals surface area contributed by atoms with Gasteiger partial charge in [-0.25, -0.2) is 0 Å². The molecule has 0 fully saturated rings. The number of nitrogens with zero attached hydrogens (tertiary/aromatic N) is 2. The molecule has 1 aromatic carbocycles. The van der Waals surface area contributed by atoms with E-state index in [1.165, 1.54) is 15.6 Å². The second kappa shape index (κ2) is 4.55. The van der Waals surface area contributed by atoms with Crippen LogP contribution < -0.4 is 5.73 Å². The standard InChI is InChI=1S/C14H15N3S/c1-17-7-6-13(16-17)12(15)8-10-9-18-14-5-3-2-4-11(10)14/h2-7,9,12H,8,15H2,1H3. The van der Waals surface area contributed by atoms with Crippen molar-refractivity contribution in [2.45, 2.75) is 12.5 Å². The second-order valence-corrected chi connectivity index (χ2v) is 5.39. The number of hydrogen-bond acceptors (Lipinski definition) is 3. The van der Waals surface area contributed by atoms with Crippen molar-refractivity contribution in [1.29, 1.82) is 0 Å². The summed E-state index contributed by atoms with van der Waals surface area (Å²) in [7, 11) is 1.91. The van der Waals surface area contributed by atoms with Crippen LogP contribution in [0.1, 0.15) is 17.3 Å². The van der Waals surface area contributed by atoms with Gasteiger partial charge < -0.3 is 5.73 Å². The molecule has 18 heavy (non-hydrogen) atoms. The Hall–Kier alpha value is -1.65. The zero-order valence-corrected chi connectivity index (χ0v) is 11.0. The summed E-state index contributed by atoms with van der Waals surface area (Å²) in [5.74, 6) is 0. The number of hydrogen-bond donors (Lipinski definition) is 1. The molecule has 2 aromatic heterocycles. The highest BCUT2D eigenvalue weighted by Gasteiger charge is 2.12. The fraction of sp³-hybridized carbons (Fsp3) is 0.214. The molecular weight excluding hydrogens is 242 g/mol. The first-order valence-corrected chi connectivity index (χ1v) is 6.82. The largest absolute Gasteiger partial charge is 0.322 e. The Labute approximate surface area is 110 Å². The normalized spacial score (nSPS) is 13.0. The molecule has 3 rings (SSSR count). The summed E-state index contributed by atoms with van der Waals surface area (Å²) in [4.78, 5) is 0. The van der Waals surface area contributed by atoms with Gasteiger partial charge in [-0.15, -0.1) is 11.3 Å². The molecule has 1 atom stereocenters. The van der Waals surface area contributed by atoms with Crippen LogP contribution in [0.5, 0.6) is 0 Å². The number of fused-ring (bicyclic) bond motifs is 1. The zero-order chi connectivity index (χ0) is 12.5. The predicted octanol–water partition coefficient (Wildman–Crippen LogP) is 2.88. The van der Waals surface area contributed by atoms with Crippen molar-refractivity contribution in [3.63, 3.8) is 0 Å². The summed E-state index contributed by atoms with van der Waals surface area (Å²) in [5.41, 5.74) is 8.48. The molecular formula is C14H15N3S. The van der Waals surface area contributed by atoms with Gasteiger partial charge in [-0.1, -0.05) is 18.2 Å². The molecule has 3 nitrogen and oxygen atoms in total. The maximum Gasteiger partial charge on any atom is 0.0795 e. The highest BCUT2D eigenvalue weighted by atomic mass is 32.1. The highest BCUT2D eigenvalue weighted by Crippen LogP contribution is 2.28. The summed E-state index contributed by atoms with van der Waals surface area (Å²) >= 11 is 1.78. The lowest BCUT2D eigenvalue weighted by atomic mass is 10.0. The summed E-state index contributed by atoms with van der Waals surface area (Å²) in [6, 6.07) is 10.4. The lowest BCUT2D eigenvalue weighted by Crippen LogP contribution is -2.14. The molecule has 0 aliphatic carbocycles. The van der Waals surface area contributed by atoms with Crippen LogP contribution in [0.15, 0.2) is 41.9 Å². The van der Waals surface area contributed by atoms with Crippen molar-refractivity contribution in [3.05, 3.63) is 53.2 Å². The summed E-state index contributed by atoms with van der Waals surface area (Å²) in [5, 5.41) is 7.88. The molecule has 2 heterocycles. The SMILES string of the molecule is Cn1ccc(C(N)Cc2csc3ccccc23)n1.